The Morgan fingerprint density at radius 1 is 1.00 bits per heavy atom. The number of nitrogens with one attached hydrogen (secondary N) is 2. The van der Waals surface area contributed by atoms with Crippen LogP contribution in [-0.4, -0.2) is 48.0 Å². The van der Waals surface area contributed by atoms with E-state index in [2.05, 4.69) is 38.7 Å². The highest BCUT2D eigenvalue weighted by Gasteiger charge is 2.42. The Hall–Kier alpha value is -3.58. The summed E-state index contributed by atoms with van der Waals surface area (Å²) < 4.78 is 0. The Labute approximate surface area is 234 Å². The van der Waals surface area contributed by atoms with Crippen molar-refractivity contribution in [1.82, 2.24) is 20.5 Å². The number of rotatable bonds is 5. The molecule has 0 saturated carbocycles. The zero-order valence-electron chi connectivity index (χ0n) is 22.0. The lowest BCUT2D eigenvalue weighted by molar-refractivity contribution is 0.0764. The van der Waals surface area contributed by atoms with E-state index in [9.17, 15) is 9.59 Å². The standard InChI is InChI=1S/C31H34ClN5O2/c32-27-4-2-1-3-24(27)20-34-30(39)35-28-8-7-22-5-6-23(19-26(22)28)29(38)37-18-13-31(21-37)11-16-36(17-12-31)25-9-14-33-15-10-25/h1-6,9-10,14-15,19,28H,7-8,11-13,16-18,20-21H2,(H2,34,35,39). The molecule has 1 unspecified atom stereocenters. The maximum atomic E-state index is 13.6. The summed E-state index contributed by atoms with van der Waals surface area (Å²) in [5, 5.41) is 6.64. The molecule has 39 heavy (non-hydrogen) atoms. The van der Waals surface area contributed by atoms with Gasteiger partial charge in [-0.2, -0.15) is 0 Å². The molecule has 0 bridgehead atoms. The van der Waals surface area contributed by atoms with Crippen LogP contribution in [0.3, 0.4) is 0 Å². The molecule has 3 heterocycles. The molecule has 1 aromatic heterocycles. The number of amides is 3. The minimum atomic E-state index is -0.232. The monoisotopic (exact) mass is 543 g/mol. The van der Waals surface area contributed by atoms with E-state index in [4.69, 9.17) is 11.6 Å². The summed E-state index contributed by atoms with van der Waals surface area (Å²) in [4.78, 5) is 34.8. The van der Waals surface area contributed by atoms with Gasteiger partial charge in [0.05, 0.1) is 6.04 Å². The lowest BCUT2D eigenvalue weighted by Crippen LogP contribution is -2.42. The molecule has 3 aliphatic rings. The molecule has 2 fully saturated rings. The Kier molecular flexibility index (Phi) is 7.17. The molecule has 2 saturated heterocycles. The molecule has 2 aliphatic heterocycles. The van der Waals surface area contributed by atoms with E-state index in [1.807, 2.05) is 53.7 Å². The Morgan fingerprint density at radius 2 is 1.77 bits per heavy atom. The van der Waals surface area contributed by atoms with Crippen LogP contribution in [0.15, 0.2) is 67.0 Å². The smallest absolute Gasteiger partial charge is 0.315 e. The predicted octanol–water partition coefficient (Wildman–Crippen LogP) is 5.35. The van der Waals surface area contributed by atoms with Crippen molar-refractivity contribution < 1.29 is 9.59 Å². The fraction of sp³-hybridized carbons (Fsp3) is 0.387. The van der Waals surface area contributed by atoms with E-state index in [1.165, 1.54) is 11.3 Å². The van der Waals surface area contributed by atoms with Crippen LogP contribution >= 0.6 is 11.6 Å². The van der Waals surface area contributed by atoms with Gasteiger partial charge in [-0.05, 0) is 84.5 Å². The number of carbonyl (C=O) groups is 2. The van der Waals surface area contributed by atoms with E-state index in [0.29, 0.717) is 17.1 Å². The van der Waals surface area contributed by atoms with E-state index >= 15 is 0 Å². The van der Waals surface area contributed by atoms with Gasteiger partial charge in [-0.15, -0.1) is 0 Å². The Bertz CT molecular complexity index is 1360. The molecule has 1 spiro atoms. The van der Waals surface area contributed by atoms with Crippen LogP contribution in [0.1, 0.15) is 58.8 Å². The number of piperidine rings is 1. The third-order valence-electron chi connectivity index (χ3n) is 8.75. The number of likely N-dealkylation sites (tertiary alicyclic amines) is 1. The number of fused-ring (bicyclic) bond motifs is 1. The van der Waals surface area contributed by atoms with Gasteiger partial charge < -0.3 is 20.4 Å². The van der Waals surface area contributed by atoms with Crippen molar-refractivity contribution in [3.05, 3.63) is 94.3 Å². The molecule has 1 aliphatic carbocycles. The molecule has 2 aromatic carbocycles. The predicted molar refractivity (Wildman–Crippen MR) is 153 cm³/mol. The van der Waals surface area contributed by atoms with Gasteiger partial charge in [0.25, 0.3) is 5.91 Å². The summed E-state index contributed by atoms with van der Waals surface area (Å²) in [5.74, 6) is 0.0973. The first-order chi connectivity index (χ1) is 19.0. The van der Waals surface area contributed by atoms with Gasteiger partial charge in [0.1, 0.15) is 0 Å². The van der Waals surface area contributed by atoms with E-state index in [0.717, 1.165) is 69.4 Å². The van der Waals surface area contributed by atoms with Gasteiger partial charge in [0, 0.05) is 61.4 Å². The minimum Gasteiger partial charge on any atom is -0.371 e. The number of nitrogens with zero attached hydrogens (tertiary/aromatic N) is 3. The normalized spacial score (nSPS) is 19.7. The Morgan fingerprint density at radius 3 is 2.56 bits per heavy atom. The van der Waals surface area contributed by atoms with Crippen molar-refractivity contribution in [1.29, 1.82) is 0 Å². The van der Waals surface area contributed by atoms with Crippen molar-refractivity contribution in [2.45, 2.75) is 44.7 Å². The fourth-order valence-corrected chi connectivity index (χ4v) is 6.61. The van der Waals surface area contributed by atoms with Crippen LogP contribution in [0.4, 0.5) is 10.5 Å². The van der Waals surface area contributed by atoms with Crippen LogP contribution in [0.2, 0.25) is 5.02 Å². The first kappa shape index (κ1) is 25.7. The lowest BCUT2D eigenvalue weighted by Gasteiger charge is -2.40. The first-order valence-electron chi connectivity index (χ1n) is 13.8. The molecule has 3 aromatic rings. The van der Waals surface area contributed by atoms with E-state index < -0.39 is 0 Å². The number of aromatic nitrogens is 1. The topological polar surface area (TPSA) is 77.6 Å². The van der Waals surface area contributed by atoms with Gasteiger partial charge in [-0.3, -0.25) is 9.78 Å². The number of anilines is 1. The third-order valence-corrected chi connectivity index (χ3v) is 9.12. The molecular formula is C31H34ClN5O2. The lowest BCUT2D eigenvalue weighted by atomic mass is 9.77. The van der Waals surface area contributed by atoms with Gasteiger partial charge in [-0.25, -0.2) is 4.79 Å². The number of carbonyl (C=O) groups excluding carboxylic acids is 2. The van der Waals surface area contributed by atoms with Gasteiger partial charge in [0.2, 0.25) is 0 Å². The van der Waals surface area contributed by atoms with E-state index in [1.54, 1.807) is 0 Å². The highest BCUT2D eigenvalue weighted by molar-refractivity contribution is 6.31. The zero-order chi connectivity index (χ0) is 26.8. The van der Waals surface area contributed by atoms with Crippen molar-refractivity contribution in [2.24, 2.45) is 5.41 Å². The van der Waals surface area contributed by atoms with Crippen molar-refractivity contribution >= 4 is 29.2 Å². The summed E-state index contributed by atoms with van der Waals surface area (Å²) in [7, 11) is 0. The number of urea groups is 1. The number of pyridine rings is 1. The van der Waals surface area contributed by atoms with Gasteiger partial charge >= 0.3 is 6.03 Å². The molecule has 6 rings (SSSR count). The van der Waals surface area contributed by atoms with Crippen LogP contribution in [-0.2, 0) is 13.0 Å². The molecule has 7 nitrogen and oxygen atoms in total. The summed E-state index contributed by atoms with van der Waals surface area (Å²) in [6.45, 7) is 4.00. The maximum absolute atomic E-state index is 13.6. The highest BCUT2D eigenvalue weighted by Crippen LogP contribution is 2.42. The number of halogens is 1. The summed E-state index contributed by atoms with van der Waals surface area (Å²) in [5.41, 5.74) is 5.27. The summed E-state index contributed by atoms with van der Waals surface area (Å²) in [6.07, 6.45) is 8.66. The average Bonchev–Trinajstić information content (AvgIpc) is 3.57. The van der Waals surface area contributed by atoms with Crippen molar-refractivity contribution in [2.75, 3.05) is 31.1 Å². The van der Waals surface area contributed by atoms with Crippen LogP contribution in [0, 0.1) is 5.41 Å². The Balaban J connectivity index is 1.06. The third kappa shape index (κ3) is 5.46. The molecule has 2 N–H and O–H groups in total. The number of benzene rings is 2. The quantitative estimate of drug-likeness (QED) is 0.454. The highest BCUT2D eigenvalue weighted by atomic mass is 35.5. The summed E-state index contributed by atoms with van der Waals surface area (Å²) >= 11 is 6.21. The second-order valence-electron chi connectivity index (χ2n) is 11.1. The first-order valence-corrected chi connectivity index (χ1v) is 14.2. The largest absolute Gasteiger partial charge is 0.371 e. The van der Waals surface area contributed by atoms with Crippen molar-refractivity contribution in [3.63, 3.8) is 0 Å². The van der Waals surface area contributed by atoms with E-state index in [-0.39, 0.29) is 23.4 Å². The van der Waals surface area contributed by atoms with Crippen LogP contribution < -0.4 is 15.5 Å². The second-order valence-corrected chi connectivity index (χ2v) is 11.5. The SMILES string of the molecule is O=C(NCc1ccccc1Cl)NC1CCc2ccc(C(=O)N3CCC4(CCN(c5ccncc5)CC4)C3)cc21. The number of hydrogen-bond donors (Lipinski definition) is 2. The molecule has 202 valence electrons. The maximum Gasteiger partial charge on any atom is 0.315 e. The molecule has 1 atom stereocenters. The minimum absolute atomic E-state index is 0.0973. The molecule has 8 heteroatoms. The summed E-state index contributed by atoms with van der Waals surface area (Å²) in [6, 6.07) is 17.3. The molecular weight excluding hydrogens is 510 g/mol. The fourth-order valence-electron chi connectivity index (χ4n) is 6.41. The number of hydrogen-bond acceptors (Lipinski definition) is 4. The molecule has 3 amide bonds. The zero-order valence-corrected chi connectivity index (χ0v) is 22.8. The van der Waals surface area contributed by atoms with Gasteiger partial charge in [0.15, 0.2) is 0 Å². The van der Waals surface area contributed by atoms with Crippen LogP contribution in [0.25, 0.3) is 0 Å². The number of aryl methyl sites for hydroxylation is 1. The molecule has 0 radical (unpaired) electrons. The van der Waals surface area contributed by atoms with Crippen LogP contribution in [0.5, 0.6) is 0 Å². The second kappa shape index (κ2) is 10.9. The van der Waals surface area contributed by atoms with Crippen molar-refractivity contribution in [3.8, 4) is 0 Å². The average molecular weight is 544 g/mol. The van der Waals surface area contributed by atoms with Gasteiger partial charge in [-0.1, -0.05) is 35.9 Å².